The maximum atomic E-state index is 13.0. The Labute approximate surface area is 156 Å². The largest absolute Gasteiger partial charge is 0.325 e. The van der Waals surface area contributed by atoms with Crippen LogP contribution in [0.25, 0.3) is 0 Å². The van der Waals surface area contributed by atoms with Gasteiger partial charge in [0.05, 0.1) is 0 Å². The van der Waals surface area contributed by atoms with E-state index >= 15 is 0 Å². The number of aryl methyl sites for hydroxylation is 1. The van der Waals surface area contributed by atoms with Crippen molar-refractivity contribution in [3.8, 4) is 0 Å². The number of hydrogen-bond acceptors (Lipinski definition) is 6. The Morgan fingerprint density at radius 3 is 2.69 bits per heavy atom. The second kappa shape index (κ2) is 6.61. The van der Waals surface area contributed by atoms with Crippen LogP contribution in [0.3, 0.4) is 0 Å². The molecule has 2 N–H and O–H groups in total. The second-order valence-electron chi connectivity index (χ2n) is 8.16. The van der Waals surface area contributed by atoms with Crippen molar-refractivity contribution >= 4 is 34.3 Å². The number of amides is 4. The fourth-order valence-corrected chi connectivity index (χ4v) is 5.09. The number of imide groups is 1. The van der Waals surface area contributed by atoms with Crippen molar-refractivity contribution in [1.29, 1.82) is 0 Å². The lowest BCUT2D eigenvalue weighted by molar-refractivity contribution is -0.136. The molecule has 1 spiro atoms. The van der Waals surface area contributed by atoms with Crippen LogP contribution in [-0.4, -0.2) is 45.0 Å². The monoisotopic (exact) mass is 379 g/mol. The highest BCUT2D eigenvalue weighted by Crippen LogP contribution is 2.46. The topological polar surface area (TPSA) is 104 Å². The summed E-state index contributed by atoms with van der Waals surface area (Å²) in [4.78, 5) is 38.7. The van der Waals surface area contributed by atoms with Gasteiger partial charge in [-0.05, 0) is 37.0 Å². The van der Waals surface area contributed by atoms with Crippen molar-refractivity contribution in [2.24, 2.45) is 11.3 Å². The van der Waals surface area contributed by atoms with Gasteiger partial charge in [-0.25, -0.2) is 4.79 Å². The lowest BCUT2D eigenvalue weighted by Gasteiger charge is -2.43. The van der Waals surface area contributed by atoms with Crippen LogP contribution in [0.5, 0.6) is 0 Å². The summed E-state index contributed by atoms with van der Waals surface area (Å²) in [6, 6.07) is -0.499. The molecule has 2 fully saturated rings. The highest BCUT2D eigenvalue weighted by atomic mass is 32.1. The minimum atomic E-state index is -0.892. The molecule has 8 nitrogen and oxygen atoms in total. The molecule has 142 valence electrons. The Morgan fingerprint density at radius 2 is 2.08 bits per heavy atom. The zero-order valence-electron chi connectivity index (χ0n) is 15.6. The van der Waals surface area contributed by atoms with Crippen molar-refractivity contribution in [3.05, 3.63) is 5.01 Å². The van der Waals surface area contributed by atoms with Crippen molar-refractivity contribution in [3.63, 3.8) is 0 Å². The quantitative estimate of drug-likeness (QED) is 0.780. The summed E-state index contributed by atoms with van der Waals surface area (Å²) < 4.78 is 0. The normalized spacial score (nSPS) is 27.7. The molecule has 26 heavy (non-hydrogen) atoms. The number of hydrogen-bond donors (Lipinski definition) is 2. The predicted molar refractivity (Wildman–Crippen MR) is 97.7 cm³/mol. The fourth-order valence-electron chi connectivity index (χ4n) is 4.40. The summed E-state index contributed by atoms with van der Waals surface area (Å²) in [6.45, 7) is 7.95. The molecule has 1 aromatic heterocycles. The summed E-state index contributed by atoms with van der Waals surface area (Å²) in [6.07, 6.45) is 2.94. The summed E-state index contributed by atoms with van der Waals surface area (Å²) in [5.41, 5.74) is -0.932. The molecular formula is C17H25N5O3S. The maximum Gasteiger partial charge on any atom is 0.325 e. The second-order valence-corrected chi connectivity index (χ2v) is 9.22. The van der Waals surface area contributed by atoms with E-state index in [1.54, 1.807) is 0 Å². The van der Waals surface area contributed by atoms with E-state index in [0.717, 1.165) is 22.7 Å². The zero-order chi connectivity index (χ0) is 19.1. The number of carbonyl (C=O) groups is 3. The molecule has 4 amide bonds. The third kappa shape index (κ3) is 3.58. The number of urea groups is 1. The first-order chi connectivity index (χ1) is 12.1. The van der Waals surface area contributed by atoms with Crippen molar-refractivity contribution in [2.75, 3.05) is 11.9 Å². The number of aromatic nitrogens is 2. The first-order valence-corrected chi connectivity index (χ1v) is 9.72. The van der Waals surface area contributed by atoms with Crippen LogP contribution in [0.1, 0.15) is 52.0 Å². The third-order valence-corrected chi connectivity index (χ3v) is 5.92. The Bertz CT molecular complexity index is 747. The maximum absolute atomic E-state index is 13.0. The standard InChI is InChI=1S/C17H25N5O3S/c1-5-12-20-21-14(26-12)18-11(23)8-22-13(24)17(19-15(22)25)7-10(2)6-16(3,4)9-17/h10H,5-9H2,1-4H3,(H,19,25)(H,18,21,23)/t10-,17+/m0/s1. The molecule has 0 bridgehead atoms. The number of carbonyl (C=O) groups excluding carboxylic acids is 3. The van der Waals surface area contributed by atoms with Gasteiger partial charge in [0.25, 0.3) is 5.91 Å². The van der Waals surface area contributed by atoms with Gasteiger partial charge in [-0.3, -0.25) is 19.8 Å². The van der Waals surface area contributed by atoms with Crippen LogP contribution >= 0.6 is 11.3 Å². The van der Waals surface area contributed by atoms with Gasteiger partial charge >= 0.3 is 6.03 Å². The van der Waals surface area contributed by atoms with Crippen LogP contribution in [0.4, 0.5) is 9.93 Å². The molecule has 3 rings (SSSR count). The molecule has 1 saturated carbocycles. The van der Waals surface area contributed by atoms with E-state index in [4.69, 9.17) is 0 Å². The van der Waals surface area contributed by atoms with E-state index in [-0.39, 0.29) is 17.9 Å². The molecule has 2 atom stereocenters. The zero-order valence-corrected chi connectivity index (χ0v) is 16.4. The van der Waals surface area contributed by atoms with Crippen molar-refractivity contribution in [2.45, 2.75) is 58.9 Å². The summed E-state index contributed by atoms with van der Waals surface area (Å²) in [7, 11) is 0. The number of nitrogens with one attached hydrogen (secondary N) is 2. The van der Waals surface area contributed by atoms with Crippen LogP contribution in [0, 0.1) is 11.3 Å². The molecule has 1 aromatic rings. The van der Waals surface area contributed by atoms with E-state index in [1.807, 2.05) is 6.92 Å². The van der Waals surface area contributed by atoms with Crippen LogP contribution in [0.15, 0.2) is 0 Å². The molecule has 0 unspecified atom stereocenters. The van der Waals surface area contributed by atoms with Gasteiger partial charge in [0.15, 0.2) is 0 Å². The van der Waals surface area contributed by atoms with E-state index in [0.29, 0.717) is 23.9 Å². The van der Waals surface area contributed by atoms with Crippen LogP contribution < -0.4 is 10.6 Å². The molecule has 2 aliphatic rings. The van der Waals surface area contributed by atoms with E-state index in [9.17, 15) is 14.4 Å². The first kappa shape index (κ1) is 18.8. The fraction of sp³-hybridized carbons (Fsp3) is 0.706. The summed E-state index contributed by atoms with van der Waals surface area (Å²) in [5, 5.41) is 14.5. The van der Waals surface area contributed by atoms with Gasteiger partial charge in [0, 0.05) is 0 Å². The Kier molecular flexibility index (Phi) is 4.76. The molecule has 2 heterocycles. The van der Waals surface area contributed by atoms with Gasteiger partial charge in [-0.15, -0.1) is 10.2 Å². The molecule has 1 saturated heterocycles. The average molecular weight is 379 g/mol. The first-order valence-electron chi connectivity index (χ1n) is 8.90. The molecule has 1 aliphatic carbocycles. The summed E-state index contributed by atoms with van der Waals surface area (Å²) in [5.74, 6) is -0.429. The summed E-state index contributed by atoms with van der Waals surface area (Å²) >= 11 is 1.28. The van der Waals surface area contributed by atoms with Crippen LogP contribution in [-0.2, 0) is 16.0 Å². The Hall–Kier alpha value is -2.03. The van der Waals surface area contributed by atoms with E-state index in [2.05, 4.69) is 41.6 Å². The minimum absolute atomic E-state index is 0.0397. The van der Waals surface area contributed by atoms with E-state index in [1.165, 1.54) is 11.3 Å². The van der Waals surface area contributed by atoms with E-state index < -0.39 is 17.5 Å². The third-order valence-electron chi connectivity index (χ3n) is 4.94. The molecule has 9 heteroatoms. The van der Waals surface area contributed by atoms with Gasteiger partial charge in [0.1, 0.15) is 17.1 Å². The minimum Gasteiger partial charge on any atom is -0.323 e. The predicted octanol–water partition coefficient (Wildman–Crippen LogP) is 2.18. The van der Waals surface area contributed by atoms with Crippen molar-refractivity contribution in [1.82, 2.24) is 20.4 Å². The average Bonchev–Trinajstić information content (AvgIpc) is 3.04. The van der Waals surface area contributed by atoms with Gasteiger partial charge in [0.2, 0.25) is 11.0 Å². The molecule has 1 aliphatic heterocycles. The Balaban J connectivity index is 1.70. The van der Waals surface area contributed by atoms with Gasteiger partial charge in [-0.1, -0.05) is 39.0 Å². The highest BCUT2D eigenvalue weighted by molar-refractivity contribution is 7.15. The van der Waals surface area contributed by atoms with Gasteiger partial charge in [-0.2, -0.15) is 0 Å². The number of rotatable bonds is 4. The number of nitrogens with zero attached hydrogens (tertiary/aromatic N) is 3. The lowest BCUT2D eigenvalue weighted by Crippen LogP contribution is -2.54. The lowest BCUT2D eigenvalue weighted by atomic mass is 9.64. The van der Waals surface area contributed by atoms with Crippen LogP contribution in [0.2, 0.25) is 0 Å². The van der Waals surface area contributed by atoms with Crippen molar-refractivity contribution < 1.29 is 14.4 Å². The highest BCUT2D eigenvalue weighted by Gasteiger charge is 2.56. The Morgan fingerprint density at radius 1 is 1.35 bits per heavy atom. The molecule has 0 radical (unpaired) electrons. The number of anilines is 1. The molecular weight excluding hydrogens is 354 g/mol. The smallest absolute Gasteiger partial charge is 0.323 e. The SMILES string of the molecule is CCc1nnc(NC(=O)CN2C(=O)N[C@@]3(C[C@@H](C)CC(C)(C)C3)C2=O)s1. The molecule has 0 aromatic carbocycles. The van der Waals surface area contributed by atoms with Gasteiger partial charge < -0.3 is 5.32 Å².